The molecule has 2 aliphatic rings. The second-order valence-corrected chi connectivity index (χ2v) is 9.62. The standard InChI is InChI=1S/C30H30N6O/c1-3-17-35-21-29(31-33-35)25-9-5-11-27(19-25)37-28-12-6-10-26(20-28)30-22-36(34-32-30)18-4-2-8-24-15-13-23(7-1)14-16-24/h5-6,9-16,19-22H,1-4,7-8,17-18H2. The fourth-order valence-corrected chi connectivity index (χ4v) is 4.73. The quantitative estimate of drug-likeness (QED) is 0.253. The van der Waals surface area contributed by atoms with E-state index >= 15 is 0 Å². The molecule has 0 fully saturated rings. The van der Waals surface area contributed by atoms with Gasteiger partial charge in [-0.2, -0.15) is 0 Å². The zero-order valence-corrected chi connectivity index (χ0v) is 20.8. The van der Waals surface area contributed by atoms with Crippen molar-refractivity contribution in [2.75, 3.05) is 0 Å². The molecule has 4 heterocycles. The highest BCUT2D eigenvalue weighted by atomic mass is 16.5. The number of hydrogen-bond donors (Lipinski definition) is 0. The van der Waals surface area contributed by atoms with Crippen molar-refractivity contribution in [3.8, 4) is 34.0 Å². The molecule has 10 bridgehead atoms. The van der Waals surface area contributed by atoms with Crippen LogP contribution >= 0.6 is 0 Å². The van der Waals surface area contributed by atoms with Crippen molar-refractivity contribution in [2.24, 2.45) is 0 Å². The number of fused-ring (bicyclic) bond motifs is 8. The molecule has 7 heteroatoms. The smallest absolute Gasteiger partial charge is 0.128 e. The molecule has 0 saturated heterocycles. The Morgan fingerprint density at radius 1 is 0.568 bits per heavy atom. The summed E-state index contributed by atoms with van der Waals surface area (Å²) in [6.07, 6.45) is 10.6. The van der Waals surface area contributed by atoms with Gasteiger partial charge in [-0.15, -0.1) is 10.2 Å². The molecule has 2 aliphatic heterocycles. The second kappa shape index (κ2) is 10.8. The summed E-state index contributed by atoms with van der Waals surface area (Å²) in [4.78, 5) is 0. The van der Waals surface area contributed by atoms with E-state index in [1.54, 1.807) is 0 Å². The number of aryl methyl sites for hydroxylation is 4. The van der Waals surface area contributed by atoms with Crippen LogP contribution in [0.2, 0.25) is 0 Å². The van der Waals surface area contributed by atoms with E-state index in [4.69, 9.17) is 4.74 Å². The molecule has 186 valence electrons. The summed E-state index contributed by atoms with van der Waals surface area (Å²) in [7, 11) is 0. The Labute approximate surface area is 216 Å². The highest BCUT2D eigenvalue weighted by Gasteiger charge is 2.09. The summed E-state index contributed by atoms with van der Waals surface area (Å²) < 4.78 is 10.1. The van der Waals surface area contributed by atoms with Gasteiger partial charge in [-0.1, -0.05) is 59.0 Å². The van der Waals surface area contributed by atoms with Crippen LogP contribution in [0.1, 0.15) is 36.8 Å². The van der Waals surface area contributed by atoms with E-state index in [0.717, 1.165) is 85.6 Å². The van der Waals surface area contributed by atoms with E-state index < -0.39 is 0 Å². The van der Waals surface area contributed by atoms with Crippen molar-refractivity contribution in [1.29, 1.82) is 0 Å². The van der Waals surface area contributed by atoms with Crippen LogP contribution in [-0.4, -0.2) is 30.0 Å². The van der Waals surface area contributed by atoms with Crippen LogP contribution in [0.3, 0.4) is 0 Å². The van der Waals surface area contributed by atoms with Gasteiger partial charge in [0, 0.05) is 24.2 Å². The van der Waals surface area contributed by atoms with Crippen LogP contribution in [-0.2, 0) is 25.9 Å². The van der Waals surface area contributed by atoms with E-state index in [1.807, 2.05) is 70.3 Å². The number of hydrogen-bond acceptors (Lipinski definition) is 5. The molecule has 5 aromatic rings. The lowest BCUT2D eigenvalue weighted by molar-refractivity contribution is 0.483. The van der Waals surface area contributed by atoms with Crippen LogP contribution < -0.4 is 4.74 Å². The molecule has 2 aromatic heterocycles. The molecule has 0 amide bonds. The molecular weight excluding hydrogens is 460 g/mol. The fraction of sp³-hybridized carbons (Fsp3) is 0.267. The van der Waals surface area contributed by atoms with Crippen molar-refractivity contribution in [3.05, 3.63) is 96.3 Å². The third kappa shape index (κ3) is 5.77. The van der Waals surface area contributed by atoms with Crippen LogP contribution in [0.25, 0.3) is 22.5 Å². The first-order valence-corrected chi connectivity index (χ1v) is 13.1. The van der Waals surface area contributed by atoms with Gasteiger partial charge in [0.2, 0.25) is 0 Å². The molecule has 0 atom stereocenters. The van der Waals surface area contributed by atoms with Gasteiger partial charge >= 0.3 is 0 Å². The maximum absolute atomic E-state index is 6.21. The number of nitrogens with zero attached hydrogens (tertiary/aromatic N) is 6. The van der Waals surface area contributed by atoms with Gasteiger partial charge in [-0.05, 0) is 73.9 Å². The van der Waals surface area contributed by atoms with Crippen molar-refractivity contribution < 1.29 is 4.74 Å². The third-order valence-electron chi connectivity index (χ3n) is 6.80. The summed E-state index contributed by atoms with van der Waals surface area (Å²) in [5.41, 5.74) is 6.43. The molecule has 0 radical (unpaired) electrons. The minimum atomic E-state index is 0.754. The maximum atomic E-state index is 6.21. The zero-order chi connectivity index (χ0) is 24.9. The summed E-state index contributed by atoms with van der Waals surface area (Å²) in [6, 6.07) is 25.0. The molecule has 37 heavy (non-hydrogen) atoms. The average Bonchev–Trinajstić information content (AvgIpc) is 3.60. The summed E-state index contributed by atoms with van der Waals surface area (Å²) in [5, 5.41) is 17.5. The minimum absolute atomic E-state index is 0.754. The van der Waals surface area contributed by atoms with Crippen molar-refractivity contribution in [3.63, 3.8) is 0 Å². The lowest BCUT2D eigenvalue weighted by Gasteiger charge is -2.08. The molecule has 0 saturated carbocycles. The first-order chi connectivity index (χ1) is 18.3. The lowest BCUT2D eigenvalue weighted by Crippen LogP contribution is -2.00. The molecule has 3 aromatic carbocycles. The number of aromatic nitrogens is 6. The predicted molar refractivity (Wildman–Crippen MR) is 143 cm³/mol. The topological polar surface area (TPSA) is 70.7 Å². The first-order valence-electron chi connectivity index (χ1n) is 13.1. The Bertz CT molecular complexity index is 1360. The highest BCUT2D eigenvalue weighted by molar-refractivity contribution is 5.62. The van der Waals surface area contributed by atoms with E-state index in [1.165, 1.54) is 11.1 Å². The molecule has 0 unspecified atom stereocenters. The van der Waals surface area contributed by atoms with Crippen molar-refractivity contribution >= 4 is 0 Å². The van der Waals surface area contributed by atoms with E-state index in [0.29, 0.717) is 0 Å². The van der Waals surface area contributed by atoms with Crippen LogP contribution in [0.5, 0.6) is 11.5 Å². The summed E-state index contributed by atoms with van der Waals surface area (Å²) >= 11 is 0. The Kier molecular flexibility index (Phi) is 6.75. The Balaban J connectivity index is 1.25. The van der Waals surface area contributed by atoms with Gasteiger partial charge in [0.25, 0.3) is 0 Å². The Morgan fingerprint density at radius 3 is 1.54 bits per heavy atom. The van der Waals surface area contributed by atoms with Crippen molar-refractivity contribution in [1.82, 2.24) is 30.0 Å². The summed E-state index contributed by atoms with van der Waals surface area (Å²) in [5.74, 6) is 1.51. The zero-order valence-electron chi connectivity index (χ0n) is 20.8. The third-order valence-corrected chi connectivity index (χ3v) is 6.80. The molecule has 0 aliphatic carbocycles. The number of rotatable bonds is 0. The summed E-state index contributed by atoms with van der Waals surface area (Å²) in [6.45, 7) is 1.72. The predicted octanol–water partition coefficient (Wildman–Crippen LogP) is 6.36. The number of benzene rings is 3. The minimum Gasteiger partial charge on any atom is -0.457 e. The average molecular weight is 491 g/mol. The molecular formula is C30H30N6O. The van der Waals surface area contributed by atoms with Gasteiger partial charge in [-0.25, -0.2) is 0 Å². The fourth-order valence-electron chi connectivity index (χ4n) is 4.73. The molecule has 7 nitrogen and oxygen atoms in total. The van der Waals surface area contributed by atoms with Gasteiger partial charge in [0.15, 0.2) is 0 Å². The molecule has 0 N–H and O–H groups in total. The largest absolute Gasteiger partial charge is 0.457 e. The van der Waals surface area contributed by atoms with Crippen LogP contribution in [0.4, 0.5) is 0 Å². The van der Waals surface area contributed by atoms with Crippen LogP contribution in [0.15, 0.2) is 85.2 Å². The van der Waals surface area contributed by atoms with E-state index in [2.05, 4.69) is 44.9 Å². The highest BCUT2D eigenvalue weighted by Crippen LogP contribution is 2.29. The molecule has 7 rings (SSSR count). The van der Waals surface area contributed by atoms with Crippen LogP contribution in [0, 0.1) is 0 Å². The van der Waals surface area contributed by atoms with Gasteiger partial charge in [-0.3, -0.25) is 9.36 Å². The monoisotopic (exact) mass is 490 g/mol. The van der Waals surface area contributed by atoms with E-state index in [-0.39, 0.29) is 0 Å². The maximum Gasteiger partial charge on any atom is 0.128 e. The molecule has 0 spiro atoms. The first kappa shape index (κ1) is 23.2. The Hall–Kier alpha value is -4.26. The van der Waals surface area contributed by atoms with Gasteiger partial charge in [0.1, 0.15) is 22.9 Å². The van der Waals surface area contributed by atoms with Gasteiger partial charge < -0.3 is 4.74 Å². The van der Waals surface area contributed by atoms with Crippen molar-refractivity contribution in [2.45, 2.75) is 51.6 Å². The Morgan fingerprint density at radius 2 is 1.05 bits per heavy atom. The number of ether oxygens (including phenoxy) is 1. The normalized spacial score (nSPS) is 14.4. The lowest BCUT2D eigenvalue weighted by atomic mass is 10.0. The SMILES string of the molecule is c1cc2cc(c1)-c1cn(nn1)CCCCc1ccc(cc1)CCCCn1cc(nn1)-c1cccc(c1)O2. The van der Waals surface area contributed by atoms with E-state index in [9.17, 15) is 0 Å². The van der Waals surface area contributed by atoms with Gasteiger partial charge in [0.05, 0.1) is 12.4 Å². The second-order valence-electron chi connectivity index (χ2n) is 9.62.